The van der Waals surface area contributed by atoms with Gasteiger partial charge in [0.05, 0.1) is 17.8 Å². The van der Waals surface area contributed by atoms with E-state index < -0.39 is 5.91 Å². The summed E-state index contributed by atoms with van der Waals surface area (Å²) in [4.78, 5) is 14.8. The molecule has 144 valence electrons. The SMILES string of the molecule is COc1cc(N2CCCCC2)ccc1/C=C(/C#N)C(=O)Nc1ccccc1Cl. The Kier molecular flexibility index (Phi) is 6.57. The summed E-state index contributed by atoms with van der Waals surface area (Å²) in [7, 11) is 1.59. The summed E-state index contributed by atoms with van der Waals surface area (Å²) in [5.74, 6) is 0.110. The maximum absolute atomic E-state index is 12.5. The fourth-order valence-electron chi connectivity index (χ4n) is 3.22. The van der Waals surface area contributed by atoms with Gasteiger partial charge in [0, 0.05) is 30.4 Å². The molecular formula is C22H22ClN3O2. The van der Waals surface area contributed by atoms with Crippen molar-refractivity contribution in [1.82, 2.24) is 0 Å². The average molecular weight is 396 g/mol. The summed E-state index contributed by atoms with van der Waals surface area (Å²) in [5.41, 5.74) is 2.20. The third-order valence-electron chi connectivity index (χ3n) is 4.73. The van der Waals surface area contributed by atoms with Crippen LogP contribution in [-0.4, -0.2) is 26.1 Å². The number of hydrogen-bond acceptors (Lipinski definition) is 4. The summed E-state index contributed by atoms with van der Waals surface area (Å²) in [6, 6.07) is 14.7. The Bertz CT molecular complexity index is 928. The van der Waals surface area contributed by atoms with Gasteiger partial charge in [-0.15, -0.1) is 0 Å². The first-order valence-corrected chi connectivity index (χ1v) is 9.61. The Hall–Kier alpha value is -2.97. The van der Waals surface area contributed by atoms with E-state index in [0.29, 0.717) is 22.0 Å². The van der Waals surface area contributed by atoms with Gasteiger partial charge < -0.3 is 15.0 Å². The van der Waals surface area contributed by atoms with Crippen LogP contribution in [0.1, 0.15) is 24.8 Å². The van der Waals surface area contributed by atoms with Crippen LogP contribution < -0.4 is 15.0 Å². The number of benzene rings is 2. The second kappa shape index (κ2) is 9.29. The zero-order valence-corrected chi connectivity index (χ0v) is 16.5. The van der Waals surface area contributed by atoms with E-state index in [1.165, 1.54) is 25.3 Å². The Labute approximate surface area is 170 Å². The molecule has 0 bridgehead atoms. The van der Waals surface area contributed by atoms with E-state index in [1.807, 2.05) is 24.3 Å². The predicted octanol–water partition coefficient (Wildman–Crippen LogP) is 4.88. The van der Waals surface area contributed by atoms with Crippen LogP contribution in [0.3, 0.4) is 0 Å². The molecule has 0 unspecified atom stereocenters. The van der Waals surface area contributed by atoms with E-state index in [4.69, 9.17) is 16.3 Å². The van der Waals surface area contributed by atoms with Crippen molar-refractivity contribution in [2.75, 3.05) is 30.4 Å². The highest BCUT2D eigenvalue weighted by molar-refractivity contribution is 6.34. The molecule has 1 amide bonds. The van der Waals surface area contributed by atoms with E-state index in [2.05, 4.69) is 10.2 Å². The molecule has 2 aromatic carbocycles. The molecule has 1 saturated heterocycles. The van der Waals surface area contributed by atoms with Crippen LogP contribution in [0.15, 0.2) is 48.0 Å². The van der Waals surface area contributed by atoms with E-state index in [-0.39, 0.29) is 5.57 Å². The minimum absolute atomic E-state index is 0.0241. The number of ether oxygens (including phenoxy) is 1. The molecule has 3 rings (SSSR count). The van der Waals surface area contributed by atoms with Gasteiger partial charge >= 0.3 is 0 Å². The second-order valence-corrected chi connectivity index (χ2v) is 6.98. The number of para-hydroxylation sites is 1. The molecular weight excluding hydrogens is 374 g/mol. The Morgan fingerprint density at radius 1 is 1.21 bits per heavy atom. The van der Waals surface area contributed by atoms with Gasteiger partial charge in [-0.05, 0) is 49.6 Å². The highest BCUT2D eigenvalue weighted by Gasteiger charge is 2.15. The number of amides is 1. The lowest BCUT2D eigenvalue weighted by molar-refractivity contribution is -0.112. The van der Waals surface area contributed by atoms with Crippen LogP contribution in [0.25, 0.3) is 6.08 Å². The molecule has 1 fully saturated rings. The predicted molar refractivity (Wildman–Crippen MR) is 113 cm³/mol. The number of piperidine rings is 1. The highest BCUT2D eigenvalue weighted by atomic mass is 35.5. The van der Waals surface area contributed by atoms with E-state index in [1.54, 1.807) is 31.4 Å². The van der Waals surface area contributed by atoms with Gasteiger partial charge in [0.25, 0.3) is 5.91 Å². The number of halogens is 1. The van der Waals surface area contributed by atoms with E-state index in [9.17, 15) is 10.1 Å². The lowest BCUT2D eigenvalue weighted by atomic mass is 10.1. The summed E-state index contributed by atoms with van der Waals surface area (Å²) in [5, 5.41) is 12.6. The normalized spacial score (nSPS) is 14.3. The number of anilines is 2. The molecule has 1 aliphatic rings. The van der Waals surface area contributed by atoms with Crippen LogP contribution in [0.4, 0.5) is 11.4 Å². The van der Waals surface area contributed by atoms with Crippen molar-refractivity contribution >= 4 is 35.0 Å². The topological polar surface area (TPSA) is 65.4 Å². The number of carbonyl (C=O) groups is 1. The zero-order valence-electron chi connectivity index (χ0n) is 15.7. The molecule has 0 spiro atoms. The molecule has 0 radical (unpaired) electrons. The Morgan fingerprint density at radius 2 is 1.96 bits per heavy atom. The van der Waals surface area contributed by atoms with Crippen molar-refractivity contribution in [2.24, 2.45) is 0 Å². The number of methoxy groups -OCH3 is 1. The first-order chi connectivity index (χ1) is 13.6. The maximum atomic E-state index is 12.5. The average Bonchev–Trinajstić information content (AvgIpc) is 2.74. The molecule has 1 aliphatic heterocycles. The molecule has 5 nitrogen and oxygen atoms in total. The molecule has 1 heterocycles. The van der Waals surface area contributed by atoms with Gasteiger partial charge in [0.1, 0.15) is 17.4 Å². The largest absolute Gasteiger partial charge is 0.496 e. The van der Waals surface area contributed by atoms with Gasteiger partial charge in [-0.3, -0.25) is 4.79 Å². The summed E-state index contributed by atoms with van der Waals surface area (Å²) in [6.07, 6.45) is 5.17. The van der Waals surface area contributed by atoms with Gasteiger partial charge in [-0.25, -0.2) is 0 Å². The molecule has 6 heteroatoms. The van der Waals surface area contributed by atoms with Crippen LogP contribution in [-0.2, 0) is 4.79 Å². The van der Waals surface area contributed by atoms with Crippen LogP contribution in [0.2, 0.25) is 5.02 Å². The van der Waals surface area contributed by atoms with Crippen molar-refractivity contribution in [3.05, 3.63) is 58.6 Å². The first kappa shape index (κ1) is 19.8. The number of rotatable bonds is 5. The minimum atomic E-state index is -0.516. The van der Waals surface area contributed by atoms with Gasteiger partial charge in [-0.1, -0.05) is 23.7 Å². The smallest absolute Gasteiger partial charge is 0.266 e. The standard InChI is InChI=1S/C22H22ClN3O2/c1-28-21-14-18(26-11-5-2-6-12-26)10-9-16(21)13-17(15-24)22(27)25-20-8-4-3-7-19(20)23/h3-4,7-10,13-14H,2,5-6,11-12H2,1H3,(H,25,27)/b17-13-. The molecule has 0 aliphatic carbocycles. The third-order valence-corrected chi connectivity index (χ3v) is 5.05. The maximum Gasteiger partial charge on any atom is 0.266 e. The molecule has 2 aromatic rings. The molecule has 28 heavy (non-hydrogen) atoms. The fraction of sp³-hybridized carbons (Fsp3) is 0.273. The van der Waals surface area contributed by atoms with Crippen molar-refractivity contribution in [2.45, 2.75) is 19.3 Å². The lowest BCUT2D eigenvalue weighted by Crippen LogP contribution is -2.29. The number of hydrogen-bond donors (Lipinski definition) is 1. The Balaban J connectivity index is 1.84. The van der Waals surface area contributed by atoms with Crippen molar-refractivity contribution in [3.8, 4) is 11.8 Å². The van der Waals surface area contributed by atoms with Crippen LogP contribution in [0, 0.1) is 11.3 Å². The Morgan fingerprint density at radius 3 is 2.64 bits per heavy atom. The molecule has 0 atom stereocenters. The van der Waals surface area contributed by atoms with E-state index in [0.717, 1.165) is 18.8 Å². The first-order valence-electron chi connectivity index (χ1n) is 9.23. The summed E-state index contributed by atoms with van der Waals surface area (Å²) in [6.45, 7) is 2.06. The van der Waals surface area contributed by atoms with Crippen molar-refractivity contribution < 1.29 is 9.53 Å². The fourth-order valence-corrected chi connectivity index (χ4v) is 3.41. The quantitative estimate of drug-likeness (QED) is 0.578. The molecule has 0 aromatic heterocycles. The van der Waals surface area contributed by atoms with Gasteiger partial charge in [0.2, 0.25) is 0 Å². The van der Waals surface area contributed by atoms with Crippen LogP contribution in [0.5, 0.6) is 5.75 Å². The lowest BCUT2D eigenvalue weighted by Gasteiger charge is -2.29. The minimum Gasteiger partial charge on any atom is -0.496 e. The summed E-state index contributed by atoms with van der Waals surface area (Å²) >= 11 is 6.07. The monoisotopic (exact) mass is 395 g/mol. The number of nitrogens with zero attached hydrogens (tertiary/aromatic N) is 2. The number of carbonyl (C=O) groups excluding carboxylic acids is 1. The van der Waals surface area contributed by atoms with Gasteiger partial charge in [0.15, 0.2) is 0 Å². The number of nitriles is 1. The number of nitrogens with one attached hydrogen (secondary N) is 1. The van der Waals surface area contributed by atoms with Crippen molar-refractivity contribution in [1.29, 1.82) is 5.26 Å². The van der Waals surface area contributed by atoms with Gasteiger partial charge in [-0.2, -0.15) is 5.26 Å². The molecule has 0 saturated carbocycles. The highest BCUT2D eigenvalue weighted by Crippen LogP contribution is 2.29. The molecule has 1 N–H and O–H groups in total. The summed E-state index contributed by atoms with van der Waals surface area (Å²) < 4.78 is 5.51. The van der Waals surface area contributed by atoms with E-state index >= 15 is 0 Å². The van der Waals surface area contributed by atoms with Crippen molar-refractivity contribution in [3.63, 3.8) is 0 Å². The van der Waals surface area contributed by atoms with Crippen LogP contribution >= 0.6 is 11.6 Å². The third kappa shape index (κ3) is 4.65. The zero-order chi connectivity index (χ0) is 19.9. The second-order valence-electron chi connectivity index (χ2n) is 6.58.